The third-order valence-corrected chi connectivity index (χ3v) is 8.34. The van der Waals surface area contributed by atoms with Gasteiger partial charge in [-0.15, -0.1) is 11.3 Å². The van der Waals surface area contributed by atoms with E-state index in [2.05, 4.69) is 10.3 Å². The number of nitrogens with one attached hydrogen (secondary N) is 1. The molecule has 0 saturated carbocycles. The van der Waals surface area contributed by atoms with Crippen molar-refractivity contribution in [1.29, 1.82) is 0 Å². The lowest BCUT2D eigenvalue weighted by atomic mass is 10.2. The summed E-state index contributed by atoms with van der Waals surface area (Å²) < 4.78 is 55.6. The lowest BCUT2D eigenvalue weighted by molar-refractivity contribution is 0.0730. The van der Waals surface area contributed by atoms with Crippen molar-refractivity contribution in [3.8, 4) is 11.3 Å². The van der Waals surface area contributed by atoms with Gasteiger partial charge in [-0.25, -0.2) is 27.0 Å². The fourth-order valence-corrected chi connectivity index (χ4v) is 5.96. The van der Waals surface area contributed by atoms with Gasteiger partial charge >= 0.3 is 0 Å². The molecule has 1 saturated heterocycles. The monoisotopic (exact) mass is 480 g/mol. The van der Waals surface area contributed by atoms with Crippen LogP contribution in [0.3, 0.4) is 0 Å². The molecule has 1 aromatic heterocycles. The summed E-state index contributed by atoms with van der Waals surface area (Å²) >= 11 is 1.29. The molecule has 31 heavy (non-hydrogen) atoms. The molecule has 0 aliphatic carbocycles. The van der Waals surface area contributed by atoms with Gasteiger partial charge in [-0.1, -0.05) is 24.3 Å². The first kappa shape index (κ1) is 21.9. The third-order valence-electron chi connectivity index (χ3n) is 4.70. The standard InChI is InChI=1S/C19H20N4O5S3/c20-30(24,25)18-4-2-1-3-16(18)21-19-22-17(13-29-19)14-5-7-15(8-6-14)31(26,27)23-9-11-28-12-10-23/h1-8,13H,9-12H2,(H,21,22)(H2,20,24,25). The van der Waals surface area contributed by atoms with E-state index in [9.17, 15) is 16.8 Å². The van der Waals surface area contributed by atoms with Crippen LogP contribution in [0.5, 0.6) is 0 Å². The van der Waals surface area contributed by atoms with E-state index in [1.54, 1.807) is 47.8 Å². The van der Waals surface area contributed by atoms with E-state index in [1.807, 2.05) is 0 Å². The zero-order chi connectivity index (χ0) is 22.1. The summed E-state index contributed by atoms with van der Waals surface area (Å²) in [5, 5.41) is 10.5. The predicted molar refractivity (Wildman–Crippen MR) is 118 cm³/mol. The number of nitrogens with zero attached hydrogens (tertiary/aromatic N) is 2. The van der Waals surface area contributed by atoms with E-state index in [0.717, 1.165) is 5.56 Å². The number of morpholine rings is 1. The van der Waals surface area contributed by atoms with Crippen LogP contribution in [0.15, 0.2) is 63.7 Å². The Bertz CT molecular complexity index is 1280. The Morgan fingerprint density at radius 2 is 1.68 bits per heavy atom. The summed E-state index contributed by atoms with van der Waals surface area (Å²) in [6.07, 6.45) is 0. The van der Waals surface area contributed by atoms with Gasteiger partial charge in [0.25, 0.3) is 0 Å². The molecule has 9 nitrogen and oxygen atoms in total. The summed E-state index contributed by atoms with van der Waals surface area (Å²) in [7, 11) is -7.44. The fraction of sp³-hybridized carbons (Fsp3) is 0.211. The smallest absolute Gasteiger partial charge is 0.243 e. The number of aromatic nitrogens is 1. The molecule has 3 aromatic rings. The second-order valence-corrected chi connectivity index (χ2v) is 11.1. The van der Waals surface area contributed by atoms with E-state index in [-0.39, 0.29) is 9.79 Å². The molecule has 2 heterocycles. The van der Waals surface area contributed by atoms with Crippen molar-refractivity contribution in [3.63, 3.8) is 0 Å². The SMILES string of the molecule is NS(=O)(=O)c1ccccc1Nc1nc(-c2ccc(S(=O)(=O)N3CCOCC3)cc2)cs1. The molecule has 1 aliphatic rings. The number of ether oxygens (including phenoxy) is 1. The zero-order valence-electron chi connectivity index (χ0n) is 16.3. The molecule has 2 aromatic carbocycles. The summed E-state index contributed by atoms with van der Waals surface area (Å²) in [4.78, 5) is 4.67. The summed E-state index contributed by atoms with van der Waals surface area (Å²) in [6, 6.07) is 12.8. The van der Waals surface area contributed by atoms with E-state index in [1.165, 1.54) is 21.7 Å². The maximum atomic E-state index is 12.7. The van der Waals surface area contributed by atoms with Crippen LogP contribution in [0.4, 0.5) is 10.8 Å². The van der Waals surface area contributed by atoms with Crippen molar-refractivity contribution >= 4 is 42.2 Å². The van der Waals surface area contributed by atoms with Crippen LogP contribution in [0.1, 0.15) is 0 Å². The molecule has 0 spiro atoms. The first-order chi connectivity index (χ1) is 14.7. The maximum Gasteiger partial charge on any atom is 0.243 e. The minimum atomic E-state index is -3.88. The van der Waals surface area contributed by atoms with Crippen molar-refractivity contribution in [1.82, 2.24) is 9.29 Å². The Morgan fingerprint density at radius 3 is 2.35 bits per heavy atom. The van der Waals surface area contributed by atoms with Gasteiger partial charge in [-0.3, -0.25) is 0 Å². The highest BCUT2D eigenvalue weighted by atomic mass is 32.2. The average Bonchev–Trinajstić information content (AvgIpc) is 3.22. The van der Waals surface area contributed by atoms with Gasteiger partial charge in [0.05, 0.1) is 29.5 Å². The van der Waals surface area contributed by atoms with Gasteiger partial charge in [-0.2, -0.15) is 4.31 Å². The molecule has 12 heteroatoms. The number of para-hydroxylation sites is 1. The van der Waals surface area contributed by atoms with Gasteiger partial charge < -0.3 is 10.1 Å². The maximum absolute atomic E-state index is 12.7. The van der Waals surface area contributed by atoms with Gasteiger partial charge in [-0.05, 0) is 24.3 Å². The Hall–Kier alpha value is -2.35. The Kier molecular flexibility index (Phi) is 6.10. The quantitative estimate of drug-likeness (QED) is 0.553. The largest absolute Gasteiger partial charge is 0.379 e. The predicted octanol–water partition coefficient (Wildman–Crippen LogP) is 2.22. The number of sulfonamides is 2. The molecule has 1 aliphatic heterocycles. The highest BCUT2D eigenvalue weighted by Gasteiger charge is 2.26. The second kappa shape index (κ2) is 8.65. The Labute approximate surface area is 184 Å². The van der Waals surface area contributed by atoms with Crippen LogP contribution in [0.2, 0.25) is 0 Å². The first-order valence-electron chi connectivity index (χ1n) is 9.28. The summed E-state index contributed by atoms with van der Waals surface area (Å²) in [6.45, 7) is 1.46. The minimum Gasteiger partial charge on any atom is -0.379 e. The van der Waals surface area contributed by atoms with E-state index >= 15 is 0 Å². The second-order valence-electron chi connectivity index (χ2n) is 6.74. The highest BCUT2D eigenvalue weighted by molar-refractivity contribution is 7.89. The van der Waals surface area contributed by atoms with Crippen LogP contribution in [0, 0.1) is 0 Å². The molecule has 0 unspecified atom stereocenters. The Morgan fingerprint density at radius 1 is 1.00 bits per heavy atom. The highest BCUT2D eigenvalue weighted by Crippen LogP contribution is 2.30. The number of rotatable bonds is 6. The molecule has 0 amide bonds. The molecule has 0 bridgehead atoms. The summed E-state index contributed by atoms with van der Waals surface area (Å²) in [5.41, 5.74) is 1.71. The van der Waals surface area contributed by atoms with Crippen LogP contribution in [-0.4, -0.2) is 52.4 Å². The van der Waals surface area contributed by atoms with Crippen molar-refractivity contribution < 1.29 is 21.6 Å². The topological polar surface area (TPSA) is 132 Å². The minimum absolute atomic E-state index is 0.0237. The number of hydrogen-bond acceptors (Lipinski definition) is 8. The number of thiazole rings is 1. The van der Waals surface area contributed by atoms with E-state index < -0.39 is 20.0 Å². The van der Waals surface area contributed by atoms with Gasteiger partial charge in [0, 0.05) is 24.0 Å². The Balaban J connectivity index is 1.54. The van der Waals surface area contributed by atoms with Crippen molar-refractivity contribution in [2.75, 3.05) is 31.6 Å². The number of anilines is 2. The number of hydrogen-bond donors (Lipinski definition) is 2. The zero-order valence-corrected chi connectivity index (χ0v) is 18.7. The fourth-order valence-electron chi connectivity index (χ4n) is 3.13. The summed E-state index contributed by atoms with van der Waals surface area (Å²) in [5.74, 6) is 0. The van der Waals surface area contributed by atoms with Gasteiger partial charge in [0.2, 0.25) is 20.0 Å². The molecule has 3 N–H and O–H groups in total. The van der Waals surface area contributed by atoms with Crippen LogP contribution in [-0.2, 0) is 24.8 Å². The number of nitrogens with two attached hydrogens (primary N) is 1. The van der Waals surface area contributed by atoms with Crippen LogP contribution >= 0.6 is 11.3 Å². The van der Waals surface area contributed by atoms with E-state index in [4.69, 9.17) is 9.88 Å². The van der Waals surface area contributed by atoms with Crippen molar-refractivity contribution in [3.05, 3.63) is 53.9 Å². The van der Waals surface area contributed by atoms with Gasteiger partial charge in [0.15, 0.2) is 5.13 Å². The lowest BCUT2D eigenvalue weighted by Gasteiger charge is -2.26. The van der Waals surface area contributed by atoms with Crippen LogP contribution < -0.4 is 10.5 Å². The van der Waals surface area contributed by atoms with Crippen molar-refractivity contribution in [2.24, 2.45) is 5.14 Å². The lowest BCUT2D eigenvalue weighted by Crippen LogP contribution is -2.40. The molecular formula is C19H20N4O5S3. The number of benzene rings is 2. The van der Waals surface area contributed by atoms with Gasteiger partial charge in [0.1, 0.15) is 4.90 Å². The van der Waals surface area contributed by atoms with Crippen LogP contribution in [0.25, 0.3) is 11.3 Å². The molecule has 0 radical (unpaired) electrons. The molecule has 164 valence electrons. The van der Waals surface area contributed by atoms with Crippen molar-refractivity contribution in [2.45, 2.75) is 9.79 Å². The molecular weight excluding hydrogens is 460 g/mol. The number of primary sulfonamides is 1. The third kappa shape index (κ3) is 4.79. The normalized spacial score (nSPS) is 15.6. The molecule has 1 fully saturated rings. The van der Waals surface area contributed by atoms with E-state index in [0.29, 0.717) is 42.8 Å². The first-order valence-corrected chi connectivity index (χ1v) is 13.1. The molecule has 4 rings (SSSR count). The average molecular weight is 481 g/mol. The molecule has 0 atom stereocenters.